The van der Waals surface area contributed by atoms with Crippen LogP contribution in [0.25, 0.3) is 0 Å². The number of carbonyl (C=O) groups excluding carboxylic acids is 2. The first-order chi connectivity index (χ1) is 7.69. The molecule has 91 valence electrons. The second-order valence-electron chi connectivity index (χ2n) is 3.74. The van der Waals surface area contributed by atoms with Crippen LogP contribution in [0, 0.1) is 0 Å². The summed E-state index contributed by atoms with van der Waals surface area (Å²) in [6.45, 7) is 3.84. The number of hydrogen-bond donors (Lipinski definition) is 0. The van der Waals surface area contributed by atoms with E-state index in [0.29, 0.717) is 0 Å². The third-order valence-corrected chi connectivity index (χ3v) is 2.58. The fraction of sp³-hybridized carbons (Fsp3) is 0.286. The molecule has 2 aliphatic carbocycles. The minimum absolute atomic E-state index is 0. The second kappa shape index (κ2) is 7.98. The van der Waals surface area contributed by atoms with E-state index in [1.165, 1.54) is 0 Å². The zero-order valence-corrected chi connectivity index (χ0v) is 10.9. The average molecular weight is 273 g/mol. The maximum atomic E-state index is 9.99. The Balaban J connectivity index is 0.000000284. The first-order valence-corrected chi connectivity index (χ1v) is 5.18. The molecular weight excluding hydrogens is 259 g/mol. The van der Waals surface area contributed by atoms with Crippen molar-refractivity contribution in [2.75, 3.05) is 0 Å². The maximum Gasteiger partial charge on any atom is 2.00 e. The fourth-order valence-corrected chi connectivity index (χ4v) is 1.47. The monoisotopic (exact) mass is 273 g/mol. The predicted octanol–water partition coefficient (Wildman–Crippen LogP) is 2.74. The molecule has 0 atom stereocenters. The molecule has 1 radical (unpaired) electrons. The van der Waals surface area contributed by atoms with Gasteiger partial charge < -0.3 is 9.59 Å². The molecule has 0 unspecified atom stereocenters. The molecule has 2 aliphatic rings. The van der Waals surface area contributed by atoms with Crippen molar-refractivity contribution >= 4 is 12.6 Å². The molecule has 0 bridgehead atoms. The van der Waals surface area contributed by atoms with E-state index in [1.807, 2.05) is 50.7 Å². The SMILES string of the molecule is CC1=C([C-]=O)CC=C1.CC1=C([C-]=O)CC=C1.[Co+2]. The van der Waals surface area contributed by atoms with Crippen LogP contribution in [0.1, 0.15) is 26.7 Å². The van der Waals surface area contributed by atoms with E-state index < -0.39 is 0 Å². The summed E-state index contributed by atoms with van der Waals surface area (Å²) < 4.78 is 0. The number of allylic oxidation sites excluding steroid dienone is 8. The Morgan fingerprint density at radius 1 is 0.882 bits per heavy atom. The van der Waals surface area contributed by atoms with Crippen molar-refractivity contribution in [1.82, 2.24) is 0 Å². The van der Waals surface area contributed by atoms with Gasteiger partial charge in [-0.2, -0.15) is 22.3 Å². The largest absolute Gasteiger partial charge is 2.00 e. The van der Waals surface area contributed by atoms with Crippen LogP contribution in [0.3, 0.4) is 0 Å². The van der Waals surface area contributed by atoms with Crippen molar-refractivity contribution in [2.24, 2.45) is 0 Å². The Kier molecular flexibility index (Phi) is 7.42. The summed E-state index contributed by atoms with van der Waals surface area (Å²) in [5, 5.41) is 0. The molecule has 17 heavy (non-hydrogen) atoms. The molecule has 0 fully saturated rings. The van der Waals surface area contributed by atoms with Gasteiger partial charge in [0.15, 0.2) is 0 Å². The minimum Gasteiger partial charge on any atom is -0.419 e. The summed E-state index contributed by atoms with van der Waals surface area (Å²) >= 11 is 0. The molecule has 0 aromatic heterocycles. The summed E-state index contributed by atoms with van der Waals surface area (Å²) in [4.78, 5) is 20.0. The Bertz CT molecular complexity index is 372. The van der Waals surface area contributed by atoms with Gasteiger partial charge in [0.05, 0.1) is 0 Å². The van der Waals surface area contributed by atoms with Gasteiger partial charge in [0, 0.05) is 0 Å². The molecular formula is C14H14CoO2. The summed E-state index contributed by atoms with van der Waals surface area (Å²) in [5.41, 5.74) is 3.70. The quantitative estimate of drug-likeness (QED) is 0.725. The van der Waals surface area contributed by atoms with Gasteiger partial charge in [-0.3, -0.25) is 0 Å². The van der Waals surface area contributed by atoms with Crippen molar-refractivity contribution in [3.63, 3.8) is 0 Å². The minimum atomic E-state index is 0. The first-order valence-electron chi connectivity index (χ1n) is 5.18. The molecule has 2 nitrogen and oxygen atoms in total. The van der Waals surface area contributed by atoms with Crippen LogP contribution in [-0.2, 0) is 26.4 Å². The van der Waals surface area contributed by atoms with E-state index in [1.54, 1.807) is 0 Å². The first kappa shape index (κ1) is 15.8. The van der Waals surface area contributed by atoms with Crippen LogP contribution in [0.5, 0.6) is 0 Å². The van der Waals surface area contributed by atoms with E-state index in [2.05, 4.69) is 0 Å². The number of hydrogen-bond acceptors (Lipinski definition) is 2. The Morgan fingerprint density at radius 3 is 1.35 bits per heavy atom. The molecule has 0 aromatic rings. The van der Waals surface area contributed by atoms with Gasteiger partial charge in [0.2, 0.25) is 0 Å². The van der Waals surface area contributed by atoms with Crippen LogP contribution >= 0.6 is 0 Å². The Morgan fingerprint density at radius 2 is 1.24 bits per heavy atom. The normalized spacial score (nSPS) is 16.6. The summed E-state index contributed by atoms with van der Waals surface area (Å²) in [7, 11) is 0. The second-order valence-corrected chi connectivity index (χ2v) is 3.74. The fourth-order valence-electron chi connectivity index (χ4n) is 1.47. The van der Waals surface area contributed by atoms with Gasteiger partial charge >= 0.3 is 16.8 Å². The van der Waals surface area contributed by atoms with Crippen LogP contribution in [-0.4, -0.2) is 12.6 Å². The van der Waals surface area contributed by atoms with E-state index in [-0.39, 0.29) is 16.8 Å². The van der Waals surface area contributed by atoms with Gasteiger partial charge in [-0.25, -0.2) is 0 Å². The Hall–Kier alpha value is -1.19. The molecule has 0 aromatic carbocycles. The topological polar surface area (TPSA) is 34.1 Å². The summed E-state index contributed by atoms with van der Waals surface area (Å²) in [5.74, 6) is 0. The molecule has 0 spiro atoms. The van der Waals surface area contributed by atoms with Gasteiger partial charge in [0.25, 0.3) is 0 Å². The van der Waals surface area contributed by atoms with Crippen molar-refractivity contribution in [1.29, 1.82) is 0 Å². The third kappa shape index (κ3) is 4.67. The maximum absolute atomic E-state index is 9.99. The van der Waals surface area contributed by atoms with E-state index in [0.717, 1.165) is 35.1 Å². The zero-order valence-electron chi connectivity index (χ0n) is 9.87. The van der Waals surface area contributed by atoms with Crippen LogP contribution in [0.4, 0.5) is 0 Å². The van der Waals surface area contributed by atoms with Crippen molar-refractivity contribution in [2.45, 2.75) is 26.7 Å². The van der Waals surface area contributed by atoms with Gasteiger partial charge in [0.1, 0.15) is 0 Å². The summed E-state index contributed by atoms with van der Waals surface area (Å²) in [6, 6.07) is 0. The van der Waals surface area contributed by atoms with E-state index in [9.17, 15) is 9.59 Å². The van der Waals surface area contributed by atoms with E-state index >= 15 is 0 Å². The number of rotatable bonds is 2. The van der Waals surface area contributed by atoms with Gasteiger partial charge in [-0.15, -0.1) is 38.2 Å². The van der Waals surface area contributed by atoms with Crippen LogP contribution in [0.15, 0.2) is 46.6 Å². The van der Waals surface area contributed by atoms with Crippen molar-refractivity contribution < 1.29 is 26.4 Å². The molecule has 0 amide bonds. The van der Waals surface area contributed by atoms with Gasteiger partial charge in [-0.05, 0) is 25.4 Å². The Labute approximate surface area is 112 Å². The van der Waals surface area contributed by atoms with Crippen molar-refractivity contribution in [3.8, 4) is 0 Å². The van der Waals surface area contributed by atoms with Crippen molar-refractivity contribution in [3.05, 3.63) is 46.6 Å². The molecule has 3 heteroatoms. The van der Waals surface area contributed by atoms with Crippen LogP contribution in [0.2, 0.25) is 0 Å². The van der Waals surface area contributed by atoms with E-state index in [4.69, 9.17) is 0 Å². The standard InChI is InChI=1S/2C7H7O.Co/c2*1-6-3-2-4-7(6)5-8;/h2*2-3H,4H2,1H3;/q2*-1;+2. The summed E-state index contributed by atoms with van der Waals surface area (Å²) in [6.07, 6.45) is 13.1. The molecule has 2 rings (SSSR count). The molecule has 0 N–H and O–H groups in total. The smallest absolute Gasteiger partial charge is 0.419 e. The molecule has 0 aliphatic heterocycles. The predicted molar refractivity (Wildman–Crippen MR) is 64.3 cm³/mol. The van der Waals surface area contributed by atoms with Crippen LogP contribution < -0.4 is 0 Å². The zero-order chi connectivity index (χ0) is 12.0. The third-order valence-electron chi connectivity index (χ3n) is 2.58. The molecule has 0 heterocycles. The molecule has 0 saturated heterocycles. The van der Waals surface area contributed by atoms with Gasteiger partial charge in [-0.1, -0.05) is 0 Å². The molecule has 0 saturated carbocycles. The average Bonchev–Trinajstić information content (AvgIpc) is 2.87.